The minimum absolute atomic E-state index is 0.0963. The van der Waals surface area contributed by atoms with Crippen molar-refractivity contribution in [2.45, 2.75) is 264 Å². The molecular formula is C66H108O6. The molecule has 0 aliphatic rings. The van der Waals surface area contributed by atoms with Crippen LogP contribution >= 0.6 is 0 Å². The summed E-state index contributed by atoms with van der Waals surface area (Å²) in [6.45, 7) is 6.44. The maximum Gasteiger partial charge on any atom is 0.306 e. The number of carbonyl (C=O) groups is 3. The van der Waals surface area contributed by atoms with Crippen molar-refractivity contribution in [2.75, 3.05) is 13.2 Å². The largest absolute Gasteiger partial charge is 0.462 e. The SMILES string of the molecule is CC/C=C\C/C=C\C/C=C\C/C=C\C/C=C\C/C=C\C/C=C\C/C=C\CCCCC(=O)OCC(COC(=O)CCCCCCCCCCC)OC(=O)CCCCCCCCC/C=C\C/C=C\CCCCCC. The van der Waals surface area contributed by atoms with Gasteiger partial charge in [0.05, 0.1) is 0 Å². The summed E-state index contributed by atoms with van der Waals surface area (Å²) in [5.74, 6) is -0.954. The topological polar surface area (TPSA) is 78.9 Å². The molecule has 0 aliphatic carbocycles. The molecular weight excluding hydrogens is 889 g/mol. The Bertz CT molecular complexity index is 1520. The van der Waals surface area contributed by atoms with Crippen LogP contribution in [-0.2, 0) is 28.6 Å². The first kappa shape index (κ1) is 67.8. The van der Waals surface area contributed by atoms with Crippen LogP contribution in [0, 0.1) is 0 Å². The summed E-state index contributed by atoms with van der Waals surface area (Å²) >= 11 is 0. The highest BCUT2D eigenvalue weighted by molar-refractivity contribution is 5.71. The Kier molecular flexibility index (Phi) is 55.9. The molecule has 0 fully saturated rings. The summed E-state index contributed by atoms with van der Waals surface area (Å²) in [6.07, 6.45) is 82.0. The third kappa shape index (κ3) is 56.7. The van der Waals surface area contributed by atoms with Gasteiger partial charge in [-0.25, -0.2) is 0 Å². The molecule has 6 heteroatoms. The molecule has 0 rings (SSSR count). The van der Waals surface area contributed by atoms with Gasteiger partial charge in [-0.3, -0.25) is 14.4 Å². The first-order chi connectivity index (χ1) is 35.5. The maximum atomic E-state index is 12.8. The van der Waals surface area contributed by atoms with Crippen molar-refractivity contribution in [2.24, 2.45) is 0 Å². The smallest absolute Gasteiger partial charge is 0.306 e. The highest BCUT2D eigenvalue weighted by atomic mass is 16.6. The van der Waals surface area contributed by atoms with Crippen LogP contribution in [0.25, 0.3) is 0 Å². The predicted molar refractivity (Wildman–Crippen MR) is 311 cm³/mol. The van der Waals surface area contributed by atoms with Crippen molar-refractivity contribution in [1.82, 2.24) is 0 Å². The number of allylic oxidation sites excluding steroid dienone is 20. The Hall–Kier alpha value is -4.19. The maximum absolute atomic E-state index is 12.8. The highest BCUT2D eigenvalue weighted by Gasteiger charge is 2.19. The molecule has 0 aromatic rings. The fourth-order valence-electron chi connectivity index (χ4n) is 7.78. The van der Waals surface area contributed by atoms with Crippen molar-refractivity contribution in [3.05, 3.63) is 122 Å². The summed E-state index contributed by atoms with van der Waals surface area (Å²) in [4.78, 5) is 38.1. The fraction of sp³-hybridized carbons (Fsp3) is 0.652. The number of esters is 3. The highest BCUT2D eigenvalue weighted by Crippen LogP contribution is 2.14. The van der Waals surface area contributed by atoms with Crippen molar-refractivity contribution in [1.29, 1.82) is 0 Å². The average Bonchev–Trinajstić information content (AvgIpc) is 3.38. The van der Waals surface area contributed by atoms with Gasteiger partial charge >= 0.3 is 17.9 Å². The van der Waals surface area contributed by atoms with Gasteiger partial charge in [0, 0.05) is 19.3 Å². The lowest BCUT2D eigenvalue weighted by Gasteiger charge is -2.18. The number of hydrogen-bond acceptors (Lipinski definition) is 6. The Morgan fingerprint density at radius 2 is 0.542 bits per heavy atom. The molecule has 0 spiro atoms. The summed E-state index contributed by atoms with van der Waals surface area (Å²) in [6, 6.07) is 0. The normalized spacial score (nSPS) is 13.0. The van der Waals surface area contributed by atoms with Gasteiger partial charge in [-0.1, -0.05) is 245 Å². The zero-order chi connectivity index (χ0) is 52.2. The van der Waals surface area contributed by atoms with E-state index in [2.05, 4.69) is 142 Å². The van der Waals surface area contributed by atoms with Crippen LogP contribution in [0.2, 0.25) is 0 Å². The average molecular weight is 998 g/mol. The second-order valence-corrected chi connectivity index (χ2v) is 19.2. The molecule has 408 valence electrons. The Labute approximate surface area is 443 Å². The molecule has 0 heterocycles. The Morgan fingerprint density at radius 3 is 0.889 bits per heavy atom. The van der Waals surface area contributed by atoms with E-state index in [0.717, 1.165) is 116 Å². The minimum Gasteiger partial charge on any atom is -0.462 e. The number of unbranched alkanes of at least 4 members (excludes halogenated alkanes) is 21. The van der Waals surface area contributed by atoms with Gasteiger partial charge in [-0.05, 0) is 116 Å². The van der Waals surface area contributed by atoms with Crippen molar-refractivity contribution >= 4 is 17.9 Å². The number of ether oxygens (including phenoxy) is 3. The molecule has 0 aliphatic heterocycles. The predicted octanol–water partition coefficient (Wildman–Crippen LogP) is 20.0. The molecule has 0 saturated heterocycles. The molecule has 0 N–H and O–H groups in total. The molecule has 0 amide bonds. The van der Waals surface area contributed by atoms with Gasteiger partial charge in [-0.2, -0.15) is 0 Å². The van der Waals surface area contributed by atoms with Crippen LogP contribution in [0.4, 0.5) is 0 Å². The van der Waals surface area contributed by atoms with Crippen LogP contribution in [0.1, 0.15) is 258 Å². The Balaban J connectivity index is 4.38. The van der Waals surface area contributed by atoms with Crippen molar-refractivity contribution in [3.63, 3.8) is 0 Å². The standard InChI is InChI=1S/C66H108O6/c1-4-7-10-13-16-19-21-23-25-27-29-30-31-32-33-34-35-36-37-39-40-42-44-47-50-53-56-59-65(68)71-62-63(61-70-64(67)58-55-52-49-46-18-15-12-9-6-3)72-66(69)60-57-54-51-48-45-43-41-38-28-26-24-22-20-17-14-11-8-5-2/h7,10,16,19-20,22-23,25-26,28-30,32-33,35-36,39-40,44,47,63H,4-6,8-9,11-15,17-18,21,24,27,31,34,37-38,41-43,45-46,48-62H2,1-3H3/b10-7-,19-16-,22-20-,25-23-,28-26-,30-29-,33-32-,36-35-,40-39-,47-44-. The zero-order valence-corrected chi connectivity index (χ0v) is 46.7. The molecule has 6 nitrogen and oxygen atoms in total. The van der Waals surface area contributed by atoms with E-state index >= 15 is 0 Å². The quantitative estimate of drug-likeness (QED) is 0.0261. The lowest BCUT2D eigenvalue weighted by atomic mass is 10.1. The summed E-state index contributed by atoms with van der Waals surface area (Å²) in [5, 5.41) is 0. The van der Waals surface area contributed by atoms with Gasteiger partial charge in [0.2, 0.25) is 0 Å². The molecule has 0 saturated carbocycles. The second kappa shape index (κ2) is 59.4. The van der Waals surface area contributed by atoms with E-state index in [9.17, 15) is 14.4 Å². The van der Waals surface area contributed by atoms with E-state index in [4.69, 9.17) is 14.2 Å². The van der Waals surface area contributed by atoms with E-state index < -0.39 is 6.10 Å². The van der Waals surface area contributed by atoms with E-state index in [-0.39, 0.29) is 31.1 Å². The van der Waals surface area contributed by atoms with Crippen LogP contribution in [0.5, 0.6) is 0 Å². The van der Waals surface area contributed by atoms with Gasteiger partial charge in [-0.15, -0.1) is 0 Å². The monoisotopic (exact) mass is 997 g/mol. The van der Waals surface area contributed by atoms with Crippen molar-refractivity contribution < 1.29 is 28.6 Å². The number of hydrogen-bond donors (Lipinski definition) is 0. The summed E-state index contributed by atoms with van der Waals surface area (Å²) in [5.41, 5.74) is 0. The molecule has 0 aromatic heterocycles. The van der Waals surface area contributed by atoms with Crippen LogP contribution < -0.4 is 0 Å². The fourth-order valence-corrected chi connectivity index (χ4v) is 7.78. The molecule has 1 unspecified atom stereocenters. The summed E-state index contributed by atoms with van der Waals surface area (Å²) in [7, 11) is 0. The minimum atomic E-state index is -0.801. The van der Waals surface area contributed by atoms with Crippen LogP contribution in [-0.4, -0.2) is 37.2 Å². The lowest BCUT2D eigenvalue weighted by molar-refractivity contribution is -0.167. The van der Waals surface area contributed by atoms with E-state index in [0.29, 0.717) is 25.7 Å². The van der Waals surface area contributed by atoms with Gasteiger partial charge < -0.3 is 14.2 Å². The third-order valence-corrected chi connectivity index (χ3v) is 12.2. The van der Waals surface area contributed by atoms with Gasteiger partial charge in [0.15, 0.2) is 6.10 Å². The number of rotatable bonds is 52. The number of carbonyl (C=O) groups excluding carboxylic acids is 3. The third-order valence-electron chi connectivity index (χ3n) is 12.2. The van der Waals surface area contributed by atoms with E-state index in [1.807, 2.05) is 0 Å². The van der Waals surface area contributed by atoms with Crippen LogP contribution in [0.15, 0.2) is 122 Å². The molecule has 72 heavy (non-hydrogen) atoms. The van der Waals surface area contributed by atoms with Gasteiger partial charge in [0.25, 0.3) is 0 Å². The molecule has 1 atom stereocenters. The second-order valence-electron chi connectivity index (χ2n) is 19.2. The summed E-state index contributed by atoms with van der Waals surface area (Å²) < 4.78 is 16.8. The first-order valence-electron chi connectivity index (χ1n) is 29.5. The van der Waals surface area contributed by atoms with Crippen LogP contribution in [0.3, 0.4) is 0 Å². The molecule has 0 aromatic carbocycles. The molecule has 0 bridgehead atoms. The molecule has 0 radical (unpaired) electrons. The Morgan fingerprint density at radius 1 is 0.292 bits per heavy atom. The zero-order valence-electron chi connectivity index (χ0n) is 46.7. The van der Waals surface area contributed by atoms with Crippen molar-refractivity contribution in [3.8, 4) is 0 Å². The van der Waals surface area contributed by atoms with E-state index in [1.165, 1.54) is 96.3 Å². The lowest BCUT2D eigenvalue weighted by Crippen LogP contribution is -2.30. The van der Waals surface area contributed by atoms with E-state index in [1.54, 1.807) is 0 Å². The van der Waals surface area contributed by atoms with Gasteiger partial charge in [0.1, 0.15) is 13.2 Å². The first-order valence-corrected chi connectivity index (χ1v) is 29.5.